The molecule has 4 nitrogen and oxygen atoms in total. The highest BCUT2D eigenvalue weighted by atomic mass is 32.2. The van der Waals surface area contributed by atoms with Crippen LogP contribution in [0.5, 0.6) is 5.75 Å². The number of hydrogen-bond donors (Lipinski definition) is 0. The number of carbonyl (C=O) groups is 1. The van der Waals surface area contributed by atoms with Gasteiger partial charge in [0.25, 0.3) is 0 Å². The average Bonchev–Trinajstić information content (AvgIpc) is 2.90. The molecule has 21 heavy (non-hydrogen) atoms. The Bertz CT molecular complexity index is 633. The highest BCUT2D eigenvalue weighted by Crippen LogP contribution is 2.39. The van der Waals surface area contributed by atoms with E-state index in [2.05, 4.69) is 4.98 Å². The van der Waals surface area contributed by atoms with Gasteiger partial charge < -0.3 is 9.64 Å². The van der Waals surface area contributed by atoms with Gasteiger partial charge in [-0.1, -0.05) is 24.3 Å². The number of aromatic nitrogens is 1. The summed E-state index contributed by atoms with van der Waals surface area (Å²) in [5.74, 6) is 1.47. The Balaban J connectivity index is 1.87. The van der Waals surface area contributed by atoms with Crippen molar-refractivity contribution in [1.29, 1.82) is 0 Å². The van der Waals surface area contributed by atoms with Gasteiger partial charge in [-0.2, -0.15) is 0 Å². The van der Waals surface area contributed by atoms with Crippen LogP contribution < -0.4 is 4.74 Å². The third kappa shape index (κ3) is 2.88. The fourth-order valence-electron chi connectivity index (χ4n) is 2.44. The van der Waals surface area contributed by atoms with Gasteiger partial charge in [0.1, 0.15) is 11.1 Å². The van der Waals surface area contributed by atoms with Gasteiger partial charge in [0.05, 0.1) is 19.4 Å². The van der Waals surface area contributed by atoms with Crippen molar-refractivity contribution >= 4 is 17.7 Å². The molecule has 1 unspecified atom stereocenters. The summed E-state index contributed by atoms with van der Waals surface area (Å²) in [7, 11) is 1.65. The molecule has 3 rings (SSSR count). The van der Waals surface area contributed by atoms with Crippen molar-refractivity contribution in [2.45, 2.75) is 11.9 Å². The molecule has 1 atom stereocenters. The molecule has 1 amide bonds. The molecule has 1 aromatic heterocycles. The topological polar surface area (TPSA) is 42.4 Å². The zero-order valence-electron chi connectivity index (χ0n) is 11.7. The third-order valence-corrected chi connectivity index (χ3v) is 4.73. The molecule has 0 radical (unpaired) electrons. The van der Waals surface area contributed by atoms with Crippen LogP contribution in [-0.4, -0.2) is 28.7 Å². The largest absolute Gasteiger partial charge is 0.496 e. The van der Waals surface area contributed by atoms with Crippen molar-refractivity contribution in [1.82, 2.24) is 9.88 Å². The van der Waals surface area contributed by atoms with Crippen LogP contribution in [0.15, 0.2) is 48.8 Å². The van der Waals surface area contributed by atoms with Crippen molar-refractivity contribution in [3.63, 3.8) is 0 Å². The summed E-state index contributed by atoms with van der Waals surface area (Å²) in [4.78, 5) is 18.2. The number of amides is 1. The fraction of sp³-hybridized carbons (Fsp3) is 0.250. The summed E-state index contributed by atoms with van der Waals surface area (Å²) in [6.45, 7) is 0.551. The van der Waals surface area contributed by atoms with Crippen molar-refractivity contribution in [2.75, 3.05) is 12.9 Å². The summed E-state index contributed by atoms with van der Waals surface area (Å²) >= 11 is 1.64. The molecule has 0 spiro atoms. The van der Waals surface area contributed by atoms with E-state index in [9.17, 15) is 4.79 Å². The van der Waals surface area contributed by atoms with Crippen molar-refractivity contribution < 1.29 is 9.53 Å². The molecule has 0 aliphatic carbocycles. The summed E-state index contributed by atoms with van der Waals surface area (Å²) < 4.78 is 5.37. The lowest BCUT2D eigenvalue weighted by atomic mass is 10.1. The molecule has 1 aliphatic rings. The molecular formula is C16H16N2O2S. The first-order valence-corrected chi connectivity index (χ1v) is 7.77. The molecule has 0 bridgehead atoms. The SMILES string of the molecule is COc1ccccc1CN1C(=O)CSC1c1cccnc1. The predicted octanol–water partition coefficient (Wildman–Crippen LogP) is 2.86. The Morgan fingerprint density at radius 2 is 2.19 bits per heavy atom. The van der Waals surface area contributed by atoms with Crippen LogP contribution in [0.4, 0.5) is 0 Å². The van der Waals surface area contributed by atoms with E-state index < -0.39 is 0 Å². The van der Waals surface area contributed by atoms with Gasteiger partial charge in [-0.05, 0) is 12.1 Å². The smallest absolute Gasteiger partial charge is 0.234 e. The highest BCUT2D eigenvalue weighted by molar-refractivity contribution is 8.00. The number of para-hydroxylation sites is 1. The summed E-state index contributed by atoms with van der Waals surface area (Å²) in [5.41, 5.74) is 2.08. The number of hydrogen-bond acceptors (Lipinski definition) is 4. The molecule has 108 valence electrons. The number of ether oxygens (including phenoxy) is 1. The first-order valence-electron chi connectivity index (χ1n) is 6.72. The zero-order valence-corrected chi connectivity index (χ0v) is 12.5. The highest BCUT2D eigenvalue weighted by Gasteiger charge is 2.33. The number of methoxy groups -OCH3 is 1. The second-order valence-corrected chi connectivity index (χ2v) is 5.85. The van der Waals surface area contributed by atoms with E-state index in [0.717, 1.165) is 16.9 Å². The molecule has 1 saturated heterocycles. The molecule has 0 saturated carbocycles. The van der Waals surface area contributed by atoms with Gasteiger partial charge in [-0.15, -0.1) is 11.8 Å². The lowest BCUT2D eigenvalue weighted by Gasteiger charge is -2.24. The quantitative estimate of drug-likeness (QED) is 0.871. The Hall–Kier alpha value is -2.01. The third-order valence-electron chi connectivity index (χ3n) is 3.47. The van der Waals surface area contributed by atoms with Gasteiger partial charge in [-0.3, -0.25) is 9.78 Å². The molecule has 1 fully saturated rings. The maximum absolute atomic E-state index is 12.2. The fourth-order valence-corrected chi connectivity index (χ4v) is 3.61. The Morgan fingerprint density at radius 3 is 2.95 bits per heavy atom. The molecule has 1 aromatic carbocycles. The second kappa shape index (κ2) is 6.18. The van der Waals surface area contributed by atoms with E-state index in [-0.39, 0.29) is 11.3 Å². The first kappa shape index (κ1) is 13.9. The van der Waals surface area contributed by atoms with Crippen LogP contribution in [0.1, 0.15) is 16.5 Å². The number of rotatable bonds is 4. The molecular weight excluding hydrogens is 284 g/mol. The molecule has 2 heterocycles. The van der Waals surface area contributed by atoms with Gasteiger partial charge in [0.2, 0.25) is 5.91 Å². The minimum absolute atomic E-state index is 0.0242. The van der Waals surface area contributed by atoms with E-state index >= 15 is 0 Å². The summed E-state index contributed by atoms with van der Waals surface area (Å²) in [6.07, 6.45) is 3.57. The lowest BCUT2D eigenvalue weighted by molar-refractivity contribution is -0.128. The predicted molar refractivity (Wildman–Crippen MR) is 83.0 cm³/mol. The minimum atomic E-state index is 0.0242. The Morgan fingerprint density at radius 1 is 1.33 bits per heavy atom. The van der Waals surface area contributed by atoms with Gasteiger partial charge in [0.15, 0.2) is 0 Å². The van der Waals surface area contributed by atoms with E-state index in [1.165, 1.54) is 0 Å². The number of thioether (sulfide) groups is 1. The van der Waals surface area contributed by atoms with E-state index in [4.69, 9.17) is 4.74 Å². The summed E-state index contributed by atoms with van der Waals surface area (Å²) in [5, 5.41) is 0.0242. The van der Waals surface area contributed by atoms with E-state index in [0.29, 0.717) is 12.3 Å². The number of carbonyl (C=O) groups excluding carboxylic acids is 1. The molecule has 0 N–H and O–H groups in total. The lowest BCUT2D eigenvalue weighted by Crippen LogP contribution is -2.27. The van der Waals surface area contributed by atoms with Crippen LogP contribution >= 0.6 is 11.8 Å². The van der Waals surface area contributed by atoms with Crippen LogP contribution in [0.25, 0.3) is 0 Å². The summed E-state index contributed by atoms with van der Waals surface area (Å²) in [6, 6.07) is 11.7. The van der Waals surface area contributed by atoms with E-state index in [1.54, 1.807) is 25.1 Å². The van der Waals surface area contributed by atoms with Gasteiger partial charge >= 0.3 is 0 Å². The van der Waals surface area contributed by atoms with Crippen molar-refractivity contribution in [3.8, 4) is 5.75 Å². The maximum Gasteiger partial charge on any atom is 0.234 e. The minimum Gasteiger partial charge on any atom is -0.496 e. The van der Waals surface area contributed by atoms with Gasteiger partial charge in [0, 0.05) is 23.5 Å². The van der Waals surface area contributed by atoms with Crippen LogP contribution in [0.3, 0.4) is 0 Å². The van der Waals surface area contributed by atoms with Crippen LogP contribution in [0, 0.1) is 0 Å². The van der Waals surface area contributed by atoms with Crippen LogP contribution in [0.2, 0.25) is 0 Å². The monoisotopic (exact) mass is 300 g/mol. The Kier molecular flexibility index (Phi) is 4.10. The number of pyridine rings is 1. The molecule has 5 heteroatoms. The van der Waals surface area contributed by atoms with Crippen molar-refractivity contribution in [3.05, 3.63) is 59.9 Å². The number of nitrogens with zero attached hydrogens (tertiary/aromatic N) is 2. The van der Waals surface area contributed by atoms with Crippen LogP contribution in [-0.2, 0) is 11.3 Å². The van der Waals surface area contributed by atoms with Gasteiger partial charge in [-0.25, -0.2) is 0 Å². The second-order valence-electron chi connectivity index (χ2n) is 4.78. The van der Waals surface area contributed by atoms with E-state index in [1.807, 2.05) is 47.5 Å². The normalized spacial score (nSPS) is 18.0. The Labute approximate surface area is 128 Å². The average molecular weight is 300 g/mol. The first-order chi connectivity index (χ1) is 10.3. The molecule has 1 aliphatic heterocycles. The molecule has 2 aromatic rings. The maximum atomic E-state index is 12.2. The number of benzene rings is 1. The van der Waals surface area contributed by atoms with Crippen molar-refractivity contribution in [2.24, 2.45) is 0 Å². The standard InChI is InChI=1S/C16H16N2O2S/c1-20-14-7-3-2-5-13(14)10-18-15(19)11-21-16(18)12-6-4-8-17-9-12/h2-9,16H,10-11H2,1H3. The zero-order chi connectivity index (χ0) is 14.7.